The number of carbonyl (C=O) groups excluding carboxylic acids is 1. The molecule has 2 aromatic carbocycles. The number of aryl methyl sites for hydroxylation is 1. The van der Waals surface area contributed by atoms with E-state index < -0.39 is 0 Å². The largest absolute Gasteiger partial charge is 0.360 e. The Morgan fingerprint density at radius 2 is 2.05 bits per heavy atom. The molecular formula is C16H12BrFN2O. The maximum absolute atomic E-state index is 13.4. The number of aromatic nitrogens is 1. The zero-order chi connectivity index (χ0) is 15.0. The Morgan fingerprint density at radius 1 is 1.29 bits per heavy atom. The van der Waals surface area contributed by atoms with Gasteiger partial charge in [0.1, 0.15) is 5.82 Å². The van der Waals surface area contributed by atoms with Crippen LogP contribution in [0.15, 0.2) is 47.1 Å². The average Bonchev–Trinajstić information content (AvgIpc) is 2.88. The number of hydrogen-bond acceptors (Lipinski definition) is 1. The van der Waals surface area contributed by atoms with Gasteiger partial charge in [-0.25, -0.2) is 4.39 Å². The van der Waals surface area contributed by atoms with Crippen LogP contribution in [-0.4, -0.2) is 10.9 Å². The fraction of sp³-hybridized carbons (Fsp3) is 0.0625. The molecule has 0 saturated heterocycles. The Balaban J connectivity index is 1.95. The van der Waals surface area contributed by atoms with Crippen molar-refractivity contribution >= 4 is 38.4 Å². The first-order valence-corrected chi connectivity index (χ1v) is 7.18. The van der Waals surface area contributed by atoms with E-state index in [0.29, 0.717) is 21.3 Å². The topological polar surface area (TPSA) is 44.9 Å². The normalized spacial score (nSPS) is 10.8. The van der Waals surface area contributed by atoms with Crippen LogP contribution in [0, 0.1) is 12.7 Å². The fourth-order valence-electron chi connectivity index (χ4n) is 2.23. The van der Waals surface area contributed by atoms with Gasteiger partial charge in [-0.3, -0.25) is 4.79 Å². The van der Waals surface area contributed by atoms with Crippen molar-refractivity contribution in [2.75, 3.05) is 5.32 Å². The molecule has 0 bridgehead atoms. The molecule has 0 unspecified atom stereocenters. The lowest BCUT2D eigenvalue weighted by Crippen LogP contribution is -2.12. The monoisotopic (exact) mass is 346 g/mol. The maximum atomic E-state index is 13.4. The SMILES string of the molecule is Cc1cc(F)c(Br)cc1NC(=O)c1c[nH]c2ccccc12. The first-order valence-electron chi connectivity index (χ1n) is 6.39. The summed E-state index contributed by atoms with van der Waals surface area (Å²) in [5, 5.41) is 3.67. The summed E-state index contributed by atoms with van der Waals surface area (Å²) >= 11 is 3.13. The summed E-state index contributed by atoms with van der Waals surface area (Å²) < 4.78 is 13.7. The molecular weight excluding hydrogens is 335 g/mol. The molecule has 3 aromatic rings. The molecule has 0 radical (unpaired) electrons. The van der Waals surface area contributed by atoms with Crippen LogP contribution in [0.25, 0.3) is 10.9 Å². The van der Waals surface area contributed by atoms with Gasteiger partial charge in [0.15, 0.2) is 0 Å². The first kappa shape index (κ1) is 13.8. The van der Waals surface area contributed by atoms with Gasteiger partial charge >= 0.3 is 0 Å². The molecule has 1 aromatic heterocycles. The van der Waals surface area contributed by atoms with E-state index >= 15 is 0 Å². The smallest absolute Gasteiger partial charge is 0.257 e. The third-order valence-electron chi connectivity index (χ3n) is 3.35. The summed E-state index contributed by atoms with van der Waals surface area (Å²) in [5.41, 5.74) is 2.72. The first-order chi connectivity index (χ1) is 10.1. The average molecular weight is 347 g/mol. The van der Waals surface area contributed by atoms with E-state index in [1.165, 1.54) is 6.07 Å². The Bertz CT molecular complexity index is 841. The van der Waals surface area contributed by atoms with Crippen LogP contribution >= 0.6 is 15.9 Å². The highest BCUT2D eigenvalue weighted by atomic mass is 79.9. The van der Waals surface area contributed by atoms with Crippen molar-refractivity contribution in [1.82, 2.24) is 4.98 Å². The molecule has 0 atom stereocenters. The maximum Gasteiger partial charge on any atom is 0.257 e. The third kappa shape index (κ3) is 2.56. The summed E-state index contributed by atoms with van der Waals surface area (Å²) in [4.78, 5) is 15.5. The summed E-state index contributed by atoms with van der Waals surface area (Å²) in [6, 6.07) is 10.5. The van der Waals surface area contributed by atoms with Gasteiger partial charge in [-0.15, -0.1) is 0 Å². The number of amides is 1. The van der Waals surface area contributed by atoms with E-state index in [2.05, 4.69) is 26.2 Å². The highest BCUT2D eigenvalue weighted by Gasteiger charge is 2.14. The van der Waals surface area contributed by atoms with Gasteiger partial charge in [-0.2, -0.15) is 0 Å². The number of rotatable bonds is 2. The van der Waals surface area contributed by atoms with Crippen LogP contribution in [-0.2, 0) is 0 Å². The number of halogens is 2. The fourth-order valence-corrected chi connectivity index (χ4v) is 2.57. The van der Waals surface area contributed by atoms with Crippen molar-refractivity contribution in [3.63, 3.8) is 0 Å². The lowest BCUT2D eigenvalue weighted by molar-refractivity contribution is 0.102. The molecule has 21 heavy (non-hydrogen) atoms. The van der Waals surface area contributed by atoms with Gasteiger partial charge in [0.05, 0.1) is 10.0 Å². The number of fused-ring (bicyclic) bond motifs is 1. The molecule has 0 fully saturated rings. The number of para-hydroxylation sites is 1. The number of carbonyl (C=O) groups is 1. The van der Waals surface area contributed by atoms with E-state index in [4.69, 9.17) is 0 Å². The van der Waals surface area contributed by atoms with E-state index in [1.54, 1.807) is 19.2 Å². The lowest BCUT2D eigenvalue weighted by atomic mass is 10.1. The standard InChI is InChI=1S/C16H12BrFN2O/c1-9-6-13(18)12(17)7-15(9)20-16(21)11-8-19-14-5-3-2-4-10(11)14/h2-8,19H,1H3,(H,20,21). The molecule has 5 heteroatoms. The van der Waals surface area contributed by atoms with E-state index in [9.17, 15) is 9.18 Å². The van der Waals surface area contributed by atoms with Crippen molar-refractivity contribution in [1.29, 1.82) is 0 Å². The summed E-state index contributed by atoms with van der Waals surface area (Å²) in [6.45, 7) is 1.75. The van der Waals surface area contributed by atoms with Crippen LogP contribution in [0.1, 0.15) is 15.9 Å². The number of anilines is 1. The van der Waals surface area contributed by atoms with Gasteiger partial charge < -0.3 is 10.3 Å². The third-order valence-corrected chi connectivity index (χ3v) is 3.96. The summed E-state index contributed by atoms with van der Waals surface area (Å²) in [6.07, 6.45) is 1.67. The van der Waals surface area contributed by atoms with Crippen LogP contribution in [0.2, 0.25) is 0 Å². The highest BCUT2D eigenvalue weighted by molar-refractivity contribution is 9.10. The molecule has 0 saturated carbocycles. The minimum Gasteiger partial charge on any atom is -0.360 e. The molecule has 0 spiro atoms. The van der Waals surface area contributed by atoms with Crippen molar-refractivity contribution in [3.05, 3.63) is 64.0 Å². The van der Waals surface area contributed by atoms with Crippen LogP contribution in [0.5, 0.6) is 0 Å². The molecule has 106 valence electrons. The number of nitrogens with one attached hydrogen (secondary N) is 2. The zero-order valence-corrected chi connectivity index (χ0v) is 12.8. The second kappa shape index (κ2) is 5.33. The lowest BCUT2D eigenvalue weighted by Gasteiger charge is -2.09. The molecule has 1 amide bonds. The summed E-state index contributed by atoms with van der Waals surface area (Å²) in [7, 11) is 0. The van der Waals surface area contributed by atoms with Crippen molar-refractivity contribution in [3.8, 4) is 0 Å². The Labute approximate surface area is 129 Å². The quantitative estimate of drug-likeness (QED) is 0.698. The predicted molar refractivity (Wildman–Crippen MR) is 85.1 cm³/mol. The van der Waals surface area contributed by atoms with Gasteiger partial charge in [-0.05, 0) is 46.6 Å². The van der Waals surface area contributed by atoms with Crippen LogP contribution in [0.4, 0.5) is 10.1 Å². The molecule has 0 aliphatic heterocycles. The number of H-pyrrole nitrogens is 1. The highest BCUT2D eigenvalue weighted by Crippen LogP contribution is 2.25. The van der Waals surface area contributed by atoms with Crippen LogP contribution in [0.3, 0.4) is 0 Å². The number of hydrogen-bond donors (Lipinski definition) is 2. The van der Waals surface area contributed by atoms with E-state index in [0.717, 1.165) is 10.9 Å². The second-order valence-electron chi connectivity index (χ2n) is 4.78. The number of benzene rings is 2. The van der Waals surface area contributed by atoms with Gasteiger partial charge in [0, 0.05) is 22.8 Å². The minimum absolute atomic E-state index is 0.228. The number of aromatic amines is 1. The Hall–Kier alpha value is -2.14. The van der Waals surface area contributed by atoms with Gasteiger partial charge in [0.25, 0.3) is 5.91 Å². The second-order valence-corrected chi connectivity index (χ2v) is 5.64. The molecule has 0 aliphatic rings. The molecule has 2 N–H and O–H groups in total. The Morgan fingerprint density at radius 3 is 2.86 bits per heavy atom. The minimum atomic E-state index is -0.349. The van der Waals surface area contributed by atoms with Crippen molar-refractivity contribution < 1.29 is 9.18 Å². The Kier molecular flexibility index (Phi) is 3.51. The van der Waals surface area contributed by atoms with Gasteiger partial charge in [-0.1, -0.05) is 18.2 Å². The van der Waals surface area contributed by atoms with Crippen LogP contribution < -0.4 is 5.32 Å². The summed E-state index contributed by atoms with van der Waals surface area (Å²) in [5.74, 6) is -0.577. The van der Waals surface area contributed by atoms with E-state index in [-0.39, 0.29) is 11.7 Å². The zero-order valence-electron chi connectivity index (χ0n) is 11.2. The van der Waals surface area contributed by atoms with E-state index in [1.807, 2.05) is 24.3 Å². The predicted octanol–water partition coefficient (Wildman–Crippen LogP) is 4.63. The molecule has 0 aliphatic carbocycles. The molecule has 3 rings (SSSR count). The molecule has 1 heterocycles. The molecule has 3 nitrogen and oxygen atoms in total. The van der Waals surface area contributed by atoms with Crippen molar-refractivity contribution in [2.24, 2.45) is 0 Å². The van der Waals surface area contributed by atoms with Crippen molar-refractivity contribution in [2.45, 2.75) is 6.92 Å². The van der Waals surface area contributed by atoms with Gasteiger partial charge in [0.2, 0.25) is 0 Å².